The molecule has 1 atom stereocenters. The van der Waals surface area contributed by atoms with E-state index in [1.54, 1.807) is 0 Å². The maximum atomic E-state index is 6.17. The van der Waals surface area contributed by atoms with Crippen molar-refractivity contribution < 1.29 is 4.74 Å². The molecule has 3 heteroatoms. The predicted octanol–water partition coefficient (Wildman–Crippen LogP) is 2.98. The van der Waals surface area contributed by atoms with Crippen LogP contribution in [0, 0.1) is 0 Å². The van der Waals surface area contributed by atoms with Crippen molar-refractivity contribution in [2.75, 3.05) is 24.6 Å². The van der Waals surface area contributed by atoms with Gasteiger partial charge in [-0.1, -0.05) is 36.4 Å². The summed E-state index contributed by atoms with van der Waals surface area (Å²) in [6.45, 7) is 2.57. The van der Waals surface area contributed by atoms with Crippen LogP contribution in [0.4, 0.5) is 5.69 Å². The highest BCUT2D eigenvalue weighted by atomic mass is 16.5. The third kappa shape index (κ3) is 2.78. The summed E-state index contributed by atoms with van der Waals surface area (Å²) in [4.78, 5) is 2.36. The van der Waals surface area contributed by atoms with Crippen molar-refractivity contribution in [3.8, 4) is 5.75 Å². The minimum absolute atomic E-state index is 0.164. The minimum atomic E-state index is 0.164. The fourth-order valence-corrected chi connectivity index (χ4v) is 2.68. The molecule has 3 nitrogen and oxygen atoms in total. The third-order valence-electron chi connectivity index (χ3n) is 3.76. The first-order chi connectivity index (χ1) is 9.84. The molecule has 2 aromatic rings. The second-order valence-electron chi connectivity index (χ2n) is 5.10. The first-order valence-electron chi connectivity index (χ1n) is 7.12. The van der Waals surface area contributed by atoms with E-state index in [0.717, 1.165) is 25.3 Å². The highest BCUT2D eigenvalue weighted by Gasteiger charge is 2.21. The quantitative estimate of drug-likeness (QED) is 0.926. The van der Waals surface area contributed by atoms with Gasteiger partial charge in [-0.05, 0) is 30.2 Å². The number of ether oxygens (including phenoxy) is 1. The Bertz CT molecular complexity index is 556. The van der Waals surface area contributed by atoms with E-state index in [9.17, 15) is 0 Å². The molecule has 3 rings (SSSR count). The summed E-state index contributed by atoms with van der Waals surface area (Å²) in [7, 11) is 0. The number of nitrogens with zero attached hydrogens (tertiary/aromatic N) is 1. The summed E-state index contributed by atoms with van der Waals surface area (Å²) in [6, 6.07) is 18.5. The number of rotatable bonds is 4. The van der Waals surface area contributed by atoms with Crippen LogP contribution in [0.1, 0.15) is 18.0 Å². The normalized spacial score (nSPS) is 17.6. The lowest BCUT2D eigenvalue weighted by Crippen LogP contribution is -2.36. The van der Waals surface area contributed by atoms with Crippen molar-refractivity contribution in [3.63, 3.8) is 0 Å². The van der Waals surface area contributed by atoms with Gasteiger partial charge in [0, 0.05) is 18.3 Å². The average Bonchev–Trinajstić information content (AvgIpc) is 2.51. The maximum absolute atomic E-state index is 6.17. The van der Waals surface area contributed by atoms with Gasteiger partial charge < -0.3 is 15.4 Å². The van der Waals surface area contributed by atoms with Gasteiger partial charge in [0.25, 0.3) is 0 Å². The fourth-order valence-electron chi connectivity index (χ4n) is 2.68. The largest absolute Gasteiger partial charge is 0.492 e. The van der Waals surface area contributed by atoms with Gasteiger partial charge in [0.15, 0.2) is 0 Å². The van der Waals surface area contributed by atoms with Crippen molar-refractivity contribution in [1.29, 1.82) is 0 Å². The van der Waals surface area contributed by atoms with Crippen LogP contribution in [0.3, 0.4) is 0 Å². The summed E-state index contributed by atoms with van der Waals surface area (Å²) in [5.41, 5.74) is 8.67. The van der Waals surface area contributed by atoms with Gasteiger partial charge in [-0.3, -0.25) is 0 Å². The van der Waals surface area contributed by atoms with Crippen LogP contribution in [0.5, 0.6) is 5.75 Å². The Morgan fingerprint density at radius 2 is 1.80 bits per heavy atom. The second kappa shape index (κ2) is 5.97. The van der Waals surface area contributed by atoms with Crippen molar-refractivity contribution >= 4 is 5.69 Å². The maximum Gasteiger partial charge on any atom is 0.119 e. The van der Waals surface area contributed by atoms with E-state index in [-0.39, 0.29) is 6.04 Å². The molecule has 0 amide bonds. The zero-order valence-electron chi connectivity index (χ0n) is 11.5. The van der Waals surface area contributed by atoms with E-state index in [4.69, 9.17) is 10.5 Å². The molecule has 2 N–H and O–H groups in total. The Hall–Kier alpha value is -2.00. The molecule has 104 valence electrons. The number of hydrogen-bond donors (Lipinski definition) is 1. The van der Waals surface area contributed by atoms with Gasteiger partial charge in [0.05, 0.1) is 6.54 Å². The second-order valence-corrected chi connectivity index (χ2v) is 5.10. The van der Waals surface area contributed by atoms with Gasteiger partial charge in [0.1, 0.15) is 12.4 Å². The van der Waals surface area contributed by atoms with E-state index in [2.05, 4.69) is 29.2 Å². The molecule has 1 aliphatic rings. The number of hydrogen-bond acceptors (Lipinski definition) is 3. The van der Waals surface area contributed by atoms with Gasteiger partial charge in [-0.25, -0.2) is 0 Å². The SMILES string of the molecule is NC1CCN(CCOc2ccccc2)c2ccccc21. The molecule has 0 bridgehead atoms. The fraction of sp³-hybridized carbons (Fsp3) is 0.294. The Balaban J connectivity index is 1.63. The van der Waals surface area contributed by atoms with E-state index < -0.39 is 0 Å². The highest BCUT2D eigenvalue weighted by molar-refractivity contribution is 5.56. The molecule has 1 aliphatic heterocycles. The Labute approximate surface area is 120 Å². The lowest BCUT2D eigenvalue weighted by Gasteiger charge is -2.34. The van der Waals surface area contributed by atoms with Crippen LogP contribution >= 0.6 is 0 Å². The molecule has 1 heterocycles. The Kier molecular flexibility index (Phi) is 3.88. The van der Waals surface area contributed by atoms with E-state index in [1.165, 1.54) is 11.3 Å². The van der Waals surface area contributed by atoms with Crippen LogP contribution in [-0.4, -0.2) is 19.7 Å². The molecule has 0 aromatic heterocycles. The molecule has 0 aliphatic carbocycles. The van der Waals surface area contributed by atoms with Gasteiger partial charge in [0.2, 0.25) is 0 Å². The topological polar surface area (TPSA) is 38.5 Å². The first kappa shape index (κ1) is 13.0. The van der Waals surface area contributed by atoms with Crippen LogP contribution in [-0.2, 0) is 0 Å². The van der Waals surface area contributed by atoms with Crippen LogP contribution in [0.25, 0.3) is 0 Å². The molecule has 1 unspecified atom stereocenters. The van der Waals surface area contributed by atoms with Crippen molar-refractivity contribution in [2.45, 2.75) is 12.5 Å². The summed E-state index contributed by atoms with van der Waals surface area (Å²) >= 11 is 0. The molecule has 0 saturated heterocycles. The lowest BCUT2D eigenvalue weighted by atomic mass is 9.97. The zero-order valence-corrected chi connectivity index (χ0v) is 11.5. The molecule has 0 fully saturated rings. The first-order valence-corrected chi connectivity index (χ1v) is 7.12. The summed E-state index contributed by atoms with van der Waals surface area (Å²) in [5.74, 6) is 0.925. The molecule has 2 aromatic carbocycles. The Morgan fingerprint density at radius 3 is 2.65 bits per heavy atom. The van der Waals surface area contributed by atoms with Crippen LogP contribution < -0.4 is 15.4 Å². The van der Waals surface area contributed by atoms with Crippen molar-refractivity contribution in [2.24, 2.45) is 5.73 Å². The number of nitrogens with two attached hydrogens (primary N) is 1. The lowest BCUT2D eigenvalue weighted by molar-refractivity contribution is 0.321. The number of anilines is 1. The standard InChI is InChI=1S/C17H20N2O/c18-16-10-11-19(17-9-5-4-8-15(16)17)12-13-20-14-6-2-1-3-7-14/h1-9,16H,10-13,18H2. The zero-order chi connectivity index (χ0) is 13.8. The average molecular weight is 268 g/mol. The van der Waals surface area contributed by atoms with E-state index in [0.29, 0.717) is 6.61 Å². The number of para-hydroxylation sites is 2. The minimum Gasteiger partial charge on any atom is -0.492 e. The summed E-state index contributed by atoms with van der Waals surface area (Å²) in [6.07, 6.45) is 1.00. The van der Waals surface area contributed by atoms with E-state index in [1.807, 2.05) is 30.3 Å². The van der Waals surface area contributed by atoms with E-state index >= 15 is 0 Å². The van der Waals surface area contributed by atoms with Crippen LogP contribution in [0.15, 0.2) is 54.6 Å². The summed E-state index contributed by atoms with van der Waals surface area (Å²) < 4.78 is 5.78. The van der Waals surface area contributed by atoms with Gasteiger partial charge in [-0.15, -0.1) is 0 Å². The monoisotopic (exact) mass is 268 g/mol. The Morgan fingerprint density at radius 1 is 1.05 bits per heavy atom. The molecule has 20 heavy (non-hydrogen) atoms. The molecular weight excluding hydrogens is 248 g/mol. The molecule has 0 spiro atoms. The van der Waals surface area contributed by atoms with Crippen molar-refractivity contribution in [3.05, 3.63) is 60.2 Å². The summed E-state index contributed by atoms with van der Waals surface area (Å²) in [5, 5.41) is 0. The number of fused-ring (bicyclic) bond motifs is 1. The smallest absolute Gasteiger partial charge is 0.119 e. The van der Waals surface area contributed by atoms with Gasteiger partial charge >= 0.3 is 0 Å². The van der Waals surface area contributed by atoms with Crippen molar-refractivity contribution in [1.82, 2.24) is 0 Å². The third-order valence-corrected chi connectivity index (χ3v) is 3.76. The highest BCUT2D eigenvalue weighted by Crippen LogP contribution is 2.31. The van der Waals surface area contributed by atoms with Gasteiger partial charge in [-0.2, -0.15) is 0 Å². The molecule has 0 radical (unpaired) electrons. The van der Waals surface area contributed by atoms with Crippen LogP contribution in [0.2, 0.25) is 0 Å². The molecular formula is C17H20N2O. The number of benzene rings is 2. The predicted molar refractivity (Wildman–Crippen MR) is 82.1 cm³/mol. The molecule has 0 saturated carbocycles.